The van der Waals surface area contributed by atoms with Crippen LogP contribution in [0.5, 0.6) is 0 Å². The van der Waals surface area contributed by atoms with Gasteiger partial charge in [-0.2, -0.15) is 13.2 Å². The van der Waals surface area contributed by atoms with Crippen molar-refractivity contribution < 1.29 is 36.7 Å². The molecule has 1 amide bonds. The number of esters is 1. The maximum atomic E-state index is 12.8. The molecule has 0 bridgehead atoms. The molecular weight excluding hydrogens is 382 g/mol. The van der Waals surface area contributed by atoms with Gasteiger partial charge >= 0.3 is 12.1 Å². The minimum absolute atomic E-state index is 0.112. The third kappa shape index (κ3) is 6.49. The molecule has 0 saturated heterocycles. The molecule has 0 aliphatic rings. The number of carbonyl (C=O) groups excluding carboxylic acids is 3. The Labute approximate surface area is 157 Å². The number of alkyl halides is 3. The molecule has 0 spiro atoms. The number of rotatable bonds is 7. The molecule has 2 rings (SSSR count). The standard InChI is InChI=1S/C19H15F4NO4/c20-14-5-1-12(2-6-14)16(25)9-10-18(27)28-11-17(26)24-15-7-3-13(4-8-15)19(21,22)23/h1-8H,9-11H2,(H,24,26). The zero-order valence-electron chi connectivity index (χ0n) is 14.4. The van der Waals surface area contributed by atoms with Gasteiger partial charge in [-0.05, 0) is 48.5 Å². The van der Waals surface area contributed by atoms with E-state index in [9.17, 15) is 31.9 Å². The first-order chi connectivity index (χ1) is 13.1. The quantitative estimate of drug-likeness (QED) is 0.436. The normalized spacial score (nSPS) is 11.0. The first-order valence-corrected chi connectivity index (χ1v) is 8.06. The molecule has 0 unspecified atom stereocenters. The summed E-state index contributed by atoms with van der Waals surface area (Å²) < 4.78 is 54.9. The van der Waals surface area contributed by atoms with Crippen LogP contribution < -0.4 is 5.32 Å². The second-order valence-electron chi connectivity index (χ2n) is 5.71. The molecule has 0 radical (unpaired) electrons. The fourth-order valence-corrected chi connectivity index (χ4v) is 2.15. The molecule has 0 aliphatic heterocycles. The SMILES string of the molecule is O=C(COC(=O)CCC(=O)c1ccc(F)cc1)Nc1ccc(C(F)(F)F)cc1. The van der Waals surface area contributed by atoms with E-state index in [1.165, 1.54) is 12.1 Å². The Morgan fingerprint density at radius 2 is 1.50 bits per heavy atom. The Balaban J connectivity index is 1.74. The van der Waals surface area contributed by atoms with E-state index in [-0.39, 0.29) is 29.9 Å². The van der Waals surface area contributed by atoms with E-state index in [2.05, 4.69) is 5.32 Å². The summed E-state index contributed by atoms with van der Waals surface area (Å²) in [6.45, 7) is -0.648. The highest BCUT2D eigenvalue weighted by atomic mass is 19.4. The average molecular weight is 397 g/mol. The van der Waals surface area contributed by atoms with E-state index in [1.54, 1.807) is 0 Å². The van der Waals surface area contributed by atoms with Crippen molar-refractivity contribution in [2.45, 2.75) is 19.0 Å². The van der Waals surface area contributed by atoms with Crippen molar-refractivity contribution in [1.29, 1.82) is 0 Å². The summed E-state index contributed by atoms with van der Waals surface area (Å²) in [6, 6.07) is 8.59. The van der Waals surface area contributed by atoms with Gasteiger partial charge in [0.05, 0.1) is 12.0 Å². The number of carbonyl (C=O) groups is 3. The summed E-state index contributed by atoms with van der Waals surface area (Å²) in [5.74, 6) is -2.41. The van der Waals surface area contributed by atoms with E-state index in [0.29, 0.717) is 0 Å². The van der Waals surface area contributed by atoms with E-state index >= 15 is 0 Å². The van der Waals surface area contributed by atoms with Gasteiger partial charge in [-0.15, -0.1) is 0 Å². The molecule has 0 aliphatic carbocycles. The van der Waals surface area contributed by atoms with Gasteiger partial charge in [0.1, 0.15) is 5.82 Å². The van der Waals surface area contributed by atoms with E-state index < -0.39 is 36.0 Å². The number of amides is 1. The lowest BCUT2D eigenvalue weighted by Crippen LogP contribution is -2.21. The average Bonchev–Trinajstić information content (AvgIpc) is 2.64. The van der Waals surface area contributed by atoms with Crippen molar-refractivity contribution in [1.82, 2.24) is 0 Å². The van der Waals surface area contributed by atoms with Crippen LogP contribution in [0.4, 0.5) is 23.2 Å². The first-order valence-electron chi connectivity index (χ1n) is 8.06. The number of halogens is 4. The second-order valence-corrected chi connectivity index (χ2v) is 5.71. The molecule has 0 aromatic heterocycles. The zero-order valence-corrected chi connectivity index (χ0v) is 14.4. The van der Waals surface area contributed by atoms with Crippen molar-refractivity contribution >= 4 is 23.3 Å². The van der Waals surface area contributed by atoms with Gasteiger partial charge in [0.25, 0.3) is 5.91 Å². The zero-order chi connectivity index (χ0) is 20.7. The number of hydrogen-bond acceptors (Lipinski definition) is 4. The van der Waals surface area contributed by atoms with Gasteiger partial charge in [-0.3, -0.25) is 14.4 Å². The monoisotopic (exact) mass is 397 g/mol. The Kier molecular flexibility index (Phi) is 6.86. The van der Waals surface area contributed by atoms with Gasteiger partial charge in [0.2, 0.25) is 0 Å². The molecule has 0 atom stereocenters. The van der Waals surface area contributed by atoms with Crippen molar-refractivity contribution in [2.24, 2.45) is 0 Å². The van der Waals surface area contributed by atoms with E-state index in [1.807, 2.05) is 0 Å². The van der Waals surface area contributed by atoms with E-state index in [0.717, 1.165) is 36.4 Å². The largest absolute Gasteiger partial charge is 0.456 e. The summed E-state index contributed by atoms with van der Waals surface area (Å²) in [5.41, 5.74) is -0.502. The van der Waals surface area contributed by atoms with Crippen LogP contribution in [0.3, 0.4) is 0 Å². The smallest absolute Gasteiger partial charge is 0.416 e. The van der Waals surface area contributed by atoms with Gasteiger partial charge in [0, 0.05) is 17.7 Å². The Morgan fingerprint density at radius 1 is 0.893 bits per heavy atom. The van der Waals surface area contributed by atoms with Crippen LogP contribution in [0, 0.1) is 5.82 Å². The van der Waals surface area contributed by atoms with Gasteiger partial charge in [-0.25, -0.2) is 4.39 Å². The molecule has 0 fully saturated rings. The fourth-order valence-electron chi connectivity index (χ4n) is 2.15. The number of nitrogens with one attached hydrogen (secondary N) is 1. The van der Waals surface area contributed by atoms with Gasteiger partial charge in [0.15, 0.2) is 12.4 Å². The lowest BCUT2D eigenvalue weighted by molar-refractivity contribution is -0.147. The number of benzene rings is 2. The second kappa shape index (κ2) is 9.12. The highest BCUT2D eigenvalue weighted by Gasteiger charge is 2.30. The molecule has 148 valence electrons. The Morgan fingerprint density at radius 3 is 2.07 bits per heavy atom. The molecule has 0 saturated carbocycles. The molecular formula is C19H15F4NO4. The van der Waals surface area contributed by atoms with Crippen LogP contribution in [0.2, 0.25) is 0 Å². The van der Waals surface area contributed by atoms with Crippen molar-refractivity contribution in [3.8, 4) is 0 Å². The maximum Gasteiger partial charge on any atom is 0.416 e. The summed E-state index contributed by atoms with van der Waals surface area (Å²) in [6.07, 6.45) is -4.93. The van der Waals surface area contributed by atoms with Crippen LogP contribution in [0.25, 0.3) is 0 Å². The molecule has 9 heteroatoms. The summed E-state index contributed by atoms with van der Waals surface area (Å²) in [7, 11) is 0. The van der Waals surface area contributed by atoms with Crippen LogP contribution in [0.1, 0.15) is 28.8 Å². The third-order valence-electron chi connectivity index (χ3n) is 3.58. The molecule has 2 aromatic carbocycles. The molecule has 5 nitrogen and oxygen atoms in total. The lowest BCUT2D eigenvalue weighted by Gasteiger charge is -2.09. The Hall–Kier alpha value is -3.23. The van der Waals surface area contributed by atoms with Crippen LogP contribution in [-0.4, -0.2) is 24.3 Å². The maximum absolute atomic E-state index is 12.8. The lowest BCUT2D eigenvalue weighted by atomic mass is 10.1. The first kappa shape index (κ1) is 21.1. The highest BCUT2D eigenvalue weighted by Crippen LogP contribution is 2.29. The van der Waals surface area contributed by atoms with Crippen molar-refractivity contribution in [3.05, 3.63) is 65.5 Å². The molecule has 2 aromatic rings. The van der Waals surface area contributed by atoms with Crippen molar-refractivity contribution in [2.75, 3.05) is 11.9 Å². The fraction of sp³-hybridized carbons (Fsp3) is 0.211. The predicted octanol–water partition coefficient (Wildman–Crippen LogP) is 3.99. The molecule has 1 N–H and O–H groups in total. The molecule has 28 heavy (non-hydrogen) atoms. The number of ether oxygens (including phenoxy) is 1. The van der Waals surface area contributed by atoms with Gasteiger partial charge in [-0.1, -0.05) is 0 Å². The highest BCUT2D eigenvalue weighted by molar-refractivity contribution is 5.98. The summed E-state index contributed by atoms with van der Waals surface area (Å²) >= 11 is 0. The third-order valence-corrected chi connectivity index (χ3v) is 3.58. The number of anilines is 1. The minimum atomic E-state index is -4.48. The Bertz CT molecular complexity index is 846. The van der Waals surface area contributed by atoms with E-state index in [4.69, 9.17) is 4.74 Å². The number of ketones is 1. The predicted molar refractivity (Wildman–Crippen MR) is 91.0 cm³/mol. The summed E-state index contributed by atoms with van der Waals surface area (Å²) in [5, 5.41) is 2.29. The molecule has 0 heterocycles. The summed E-state index contributed by atoms with van der Waals surface area (Å²) in [4.78, 5) is 35.1. The number of Topliss-reactive ketones (excluding diaryl/α,β-unsaturated/α-hetero) is 1. The van der Waals surface area contributed by atoms with Crippen molar-refractivity contribution in [3.63, 3.8) is 0 Å². The van der Waals surface area contributed by atoms with Crippen LogP contribution in [-0.2, 0) is 20.5 Å². The topological polar surface area (TPSA) is 72.5 Å². The minimum Gasteiger partial charge on any atom is -0.456 e. The van der Waals surface area contributed by atoms with Crippen LogP contribution >= 0.6 is 0 Å². The van der Waals surface area contributed by atoms with Gasteiger partial charge < -0.3 is 10.1 Å². The van der Waals surface area contributed by atoms with Crippen LogP contribution in [0.15, 0.2) is 48.5 Å². The number of hydrogen-bond donors (Lipinski definition) is 1.